The number of aryl methyl sites for hydroxylation is 1. The molecule has 1 saturated carbocycles. The minimum absolute atomic E-state index is 0.0918. The summed E-state index contributed by atoms with van der Waals surface area (Å²) in [6.45, 7) is 1.56. The number of fused-ring (bicyclic) bond motifs is 1. The molecule has 5 rings (SSSR count). The predicted octanol–water partition coefficient (Wildman–Crippen LogP) is 0.179. The highest BCUT2D eigenvalue weighted by atomic mass is 16.2. The Morgan fingerprint density at radius 1 is 1.21 bits per heavy atom. The predicted molar refractivity (Wildman–Crippen MR) is 113 cm³/mol. The van der Waals surface area contributed by atoms with Crippen LogP contribution in [0.3, 0.4) is 0 Å². The van der Waals surface area contributed by atoms with Gasteiger partial charge in [-0.3, -0.25) is 18.8 Å². The average molecular weight is 389 g/mol. The van der Waals surface area contributed by atoms with E-state index in [1.165, 1.54) is 0 Å². The van der Waals surface area contributed by atoms with Crippen LogP contribution in [0.1, 0.15) is 25.1 Å². The van der Waals surface area contributed by atoms with E-state index in [4.69, 9.17) is 4.98 Å². The van der Waals surface area contributed by atoms with E-state index in [0.717, 1.165) is 49.3 Å². The fraction of sp³-hybridized carbons (Fsp3) is 0.429. The average Bonchev–Trinajstić information content (AvgIpc) is 3.35. The van der Waals surface area contributed by atoms with Gasteiger partial charge in [0.2, 0.25) is 5.91 Å². The molecule has 1 amide bonds. The fourth-order valence-electron chi connectivity index (χ4n) is 4.27. The van der Waals surface area contributed by atoms with E-state index >= 15 is 0 Å². The second kappa shape index (κ2) is 6.86. The summed E-state index contributed by atoms with van der Waals surface area (Å²) in [5, 5.41) is 4.75. The topological polar surface area (TPSA) is 73.0 Å². The maximum atomic E-state index is 13.3. The van der Waals surface area contributed by atoms with Gasteiger partial charge in [-0.2, -0.15) is 5.10 Å². The molecular formula is C21H24BN5O2. The Morgan fingerprint density at radius 2 is 1.97 bits per heavy atom. The molecule has 148 valence electrons. The lowest BCUT2D eigenvalue weighted by atomic mass is 9.96. The molecule has 1 aliphatic heterocycles. The molecule has 1 aromatic carbocycles. The lowest BCUT2D eigenvalue weighted by Gasteiger charge is -2.18. The normalized spacial score (nSPS) is 19.2. The summed E-state index contributed by atoms with van der Waals surface area (Å²) in [7, 11) is 3.83. The first-order valence-electron chi connectivity index (χ1n) is 10.3. The molecule has 1 saturated heterocycles. The number of hydrogen-bond acceptors (Lipinski definition) is 4. The molecule has 2 aliphatic rings. The molecule has 29 heavy (non-hydrogen) atoms. The number of rotatable bonds is 4. The van der Waals surface area contributed by atoms with Gasteiger partial charge in [0, 0.05) is 32.5 Å². The third-order valence-electron chi connectivity index (χ3n) is 6.12. The number of carbonyl (C=O) groups is 1. The molecule has 2 aromatic heterocycles. The van der Waals surface area contributed by atoms with Gasteiger partial charge in [0.1, 0.15) is 19.1 Å². The molecule has 8 heteroatoms. The molecule has 1 aliphatic carbocycles. The van der Waals surface area contributed by atoms with Gasteiger partial charge in [0.15, 0.2) is 5.65 Å². The molecule has 2 fully saturated rings. The van der Waals surface area contributed by atoms with Crippen molar-refractivity contribution in [1.29, 1.82) is 0 Å². The summed E-state index contributed by atoms with van der Waals surface area (Å²) in [6.07, 6.45) is 5.27. The van der Waals surface area contributed by atoms with Crippen LogP contribution in [-0.2, 0) is 18.3 Å². The number of aromatic nitrogens is 4. The standard InChI is InChI=1S/C21H24BN5O2/c1-25-19-17(11-23-25)21(29)27(16-6-4-15(22)5-7-16)18(24-19)10-13-8-9-26(12-13)20(28)14-2-3-14/h4-7,11,13-14H,2-3,8-10,12,22H2,1H3/t13-/m0/s1. The van der Waals surface area contributed by atoms with E-state index in [1.807, 2.05) is 37.0 Å². The van der Waals surface area contributed by atoms with Crippen molar-refractivity contribution >= 4 is 30.2 Å². The van der Waals surface area contributed by atoms with Crippen LogP contribution >= 0.6 is 0 Å². The number of benzene rings is 1. The van der Waals surface area contributed by atoms with Crippen LogP contribution in [0.15, 0.2) is 35.3 Å². The Hall–Kier alpha value is -2.90. The highest BCUT2D eigenvalue weighted by Crippen LogP contribution is 2.33. The molecule has 7 nitrogen and oxygen atoms in total. The third kappa shape index (κ3) is 3.26. The van der Waals surface area contributed by atoms with Crippen LogP contribution in [0.5, 0.6) is 0 Å². The van der Waals surface area contributed by atoms with Crippen molar-refractivity contribution in [3.63, 3.8) is 0 Å². The minimum Gasteiger partial charge on any atom is -0.342 e. The zero-order valence-corrected chi connectivity index (χ0v) is 16.8. The summed E-state index contributed by atoms with van der Waals surface area (Å²) in [4.78, 5) is 32.5. The fourth-order valence-corrected chi connectivity index (χ4v) is 4.27. The first kappa shape index (κ1) is 18.2. The number of likely N-dealkylation sites (tertiary alicyclic amines) is 1. The number of nitrogens with zero attached hydrogens (tertiary/aromatic N) is 5. The lowest BCUT2D eigenvalue weighted by Crippen LogP contribution is -2.31. The molecule has 3 heterocycles. The molecule has 0 unspecified atom stereocenters. The Balaban J connectivity index is 1.52. The SMILES string of the molecule is Bc1ccc(-n2c(C[C@@H]3CCN(C(=O)C4CC4)C3)nc3c(cnn3C)c2=O)cc1. The first-order chi connectivity index (χ1) is 14.0. The van der Waals surface area contributed by atoms with Crippen LogP contribution in [0.25, 0.3) is 16.7 Å². The Morgan fingerprint density at radius 3 is 2.69 bits per heavy atom. The minimum atomic E-state index is -0.0918. The van der Waals surface area contributed by atoms with Crippen LogP contribution < -0.4 is 11.0 Å². The first-order valence-corrected chi connectivity index (χ1v) is 10.3. The molecule has 3 aromatic rings. The Labute approximate surface area is 169 Å². The zero-order chi connectivity index (χ0) is 20.1. The summed E-state index contributed by atoms with van der Waals surface area (Å²) < 4.78 is 3.37. The van der Waals surface area contributed by atoms with E-state index < -0.39 is 0 Å². The zero-order valence-electron chi connectivity index (χ0n) is 16.8. The lowest BCUT2D eigenvalue weighted by molar-refractivity contribution is -0.131. The van der Waals surface area contributed by atoms with E-state index in [1.54, 1.807) is 22.5 Å². The van der Waals surface area contributed by atoms with Crippen LogP contribution in [0.2, 0.25) is 0 Å². The highest BCUT2D eigenvalue weighted by Gasteiger charge is 2.37. The number of hydrogen-bond donors (Lipinski definition) is 0. The molecular weight excluding hydrogens is 365 g/mol. The molecule has 0 bridgehead atoms. The number of carbonyl (C=O) groups excluding carboxylic acids is 1. The molecule has 0 radical (unpaired) electrons. The smallest absolute Gasteiger partial charge is 0.269 e. The van der Waals surface area contributed by atoms with Gasteiger partial charge in [-0.1, -0.05) is 17.6 Å². The molecule has 1 atom stereocenters. The Kier molecular flexibility index (Phi) is 4.30. The van der Waals surface area contributed by atoms with Crippen LogP contribution in [0, 0.1) is 11.8 Å². The summed E-state index contributed by atoms with van der Waals surface area (Å²) >= 11 is 0. The van der Waals surface area contributed by atoms with Gasteiger partial charge >= 0.3 is 0 Å². The quantitative estimate of drug-likeness (QED) is 0.597. The van der Waals surface area contributed by atoms with Crippen molar-refractivity contribution in [2.24, 2.45) is 18.9 Å². The van der Waals surface area contributed by atoms with Crippen molar-refractivity contribution in [3.8, 4) is 5.69 Å². The van der Waals surface area contributed by atoms with Crippen LogP contribution in [0.4, 0.5) is 0 Å². The largest absolute Gasteiger partial charge is 0.342 e. The Bertz CT molecular complexity index is 1150. The van der Waals surface area contributed by atoms with Crippen molar-refractivity contribution in [2.45, 2.75) is 25.7 Å². The third-order valence-corrected chi connectivity index (χ3v) is 6.12. The summed E-state index contributed by atoms with van der Waals surface area (Å²) in [5.74, 6) is 1.61. The maximum Gasteiger partial charge on any atom is 0.269 e. The van der Waals surface area contributed by atoms with Crippen molar-refractivity contribution < 1.29 is 4.79 Å². The van der Waals surface area contributed by atoms with E-state index in [-0.39, 0.29) is 11.5 Å². The van der Waals surface area contributed by atoms with E-state index in [0.29, 0.717) is 29.3 Å². The van der Waals surface area contributed by atoms with Gasteiger partial charge in [-0.25, -0.2) is 4.98 Å². The number of amides is 1. The maximum absolute atomic E-state index is 13.3. The van der Waals surface area contributed by atoms with Gasteiger partial charge in [-0.05, 0) is 37.3 Å². The molecule has 0 N–H and O–H groups in total. The van der Waals surface area contributed by atoms with Crippen molar-refractivity contribution in [1.82, 2.24) is 24.2 Å². The van der Waals surface area contributed by atoms with E-state index in [9.17, 15) is 9.59 Å². The second-order valence-electron chi connectivity index (χ2n) is 8.43. The monoisotopic (exact) mass is 389 g/mol. The van der Waals surface area contributed by atoms with Crippen molar-refractivity contribution in [2.75, 3.05) is 13.1 Å². The van der Waals surface area contributed by atoms with E-state index in [2.05, 4.69) is 5.10 Å². The van der Waals surface area contributed by atoms with Gasteiger partial charge in [-0.15, -0.1) is 0 Å². The van der Waals surface area contributed by atoms with Gasteiger partial charge in [0.25, 0.3) is 5.56 Å². The highest BCUT2D eigenvalue weighted by molar-refractivity contribution is 6.32. The summed E-state index contributed by atoms with van der Waals surface area (Å²) in [6, 6.07) is 7.93. The second-order valence-corrected chi connectivity index (χ2v) is 8.43. The van der Waals surface area contributed by atoms with Crippen LogP contribution in [-0.4, -0.2) is 51.1 Å². The van der Waals surface area contributed by atoms with Crippen molar-refractivity contribution in [3.05, 3.63) is 46.6 Å². The van der Waals surface area contributed by atoms with Gasteiger partial charge < -0.3 is 4.90 Å². The molecule has 0 spiro atoms. The summed E-state index contributed by atoms with van der Waals surface area (Å²) in [5.41, 5.74) is 2.48. The van der Waals surface area contributed by atoms with Gasteiger partial charge in [0.05, 0.1) is 11.9 Å².